The van der Waals surface area contributed by atoms with Gasteiger partial charge in [-0.2, -0.15) is 0 Å². The smallest absolute Gasteiger partial charge is 0.248 e. The van der Waals surface area contributed by atoms with Crippen LogP contribution in [0.15, 0.2) is 24.3 Å². The largest absolute Gasteiger partial charge is 0.497 e. The summed E-state index contributed by atoms with van der Waals surface area (Å²) in [5.74, 6) is 0.0273. The molecule has 6 heteroatoms. The standard InChI is InChI=1S/C24H34F2N2O2/c1-16-13-22-20(21(16)15-27-18-7-10-24(25,26)11-8-18)14-23(29)28(22)12-9-17-3-5-19(30-2)6-4-17/h3-6,16,18,20-22,27H,7-15H2,1-2H3/t16-,20-,21+,22+/m0/s1. The molecule has 3 fully saturated rings. The Bertz CT molecular complexity index is 729. The molecule has 1 N–H and O–H groups in total. The highest BCUT2D eigenvalue weighted by Crippen LogP contribution is 2.46. The summed E-state index contributed by atoms with van der Waals surface area (Å²) in [4.78, 5) is 14.8. The first kappa shape index (κ1) is 21.5. The molecule has 4 rings (SSSR count). The van der Waals surface area contributed by atoms with Gasteiger partial charge in [0.2, 0.25) is 11.8 Å². The minimum Gasteiger partial charge on any atom is -0.497 e. The van der Waals surface area contributed by atoms with E-state index in [1.807, 2.05) is 12.1 Å². The first-order valence-corrected chi connectivity index (χ1v) is 11.4. The highest BCUT2D eigenvalue weighted by molar-refractivity contribution is 5.79. The SMILES string of the molecule is COc1ccc(CCN2C(=O)C[C@H]3[C@H](CNC4CCC(F)(F)CC4)[C@@H](C)C[C@H]32)cc1. The number of nitrogens with one attached hydrogen (secondary N) is 1. The van der Waals surface area contributed by atoms with Gasteiger partial charge >= 0.3 is 0 Å². The summed E-state index contributed by atoms with van der Waals surface area (Å²) in [6.45, 7) is 3.89. The van der Waals surface area contributed by atoms with Crippen LogP contribution < -0.4 is 10.1 Å². The number of hydrogen-bond acceptors (Lipinski definition) is 3. The van der Waals surface area contributed by atoms with E-state index in [1.54, 1.807) is 7.11 Å². The second-order valence-electron chi connectivity index (χ2n) is 9.54. The Morgan fingerprint density at radius 3 is 2.57 bits per heavy atom. The maximum Gasteiger partial charge on any atom is 0.248 e. The van der Waals surface area contributed by atoms with Gasteiger partial charge < -0.3 is 15.0 Å². The molecule has 0 spiro atoms. The molecule has 0 aromatic heterocycles. The molecule has 30 heavy (non-hydrogen) atoms. The average molecular weight is 421 g/mol. The van der Waals surface area contributed by atoms with Gasteiger partial charge in [-0.3, -0.25) is 4.79 Å². The Kier molecular flexibility index (Phi) is 6.33. The third-order valence-electron chi connectivity index (χ3n) is 7.68. The Labute approximate surface area is 178 Å². The van der Waals surface area contributed by atoms with Crippen molar-refractivity contribution in [2.75, 3.05) is 20.2 Å². The molecular formula is C24H34F2N2O2. The molecule has 1 heterocycles. The molecule has 0 radical (unpaired) electrons. The normalized spacial score (nSPS) is 31.2. The summed E-state index contributed by atoms with van der Waals surface area (Å²) in [7, 11) is 1.66. The topological polar surface area (TPSA) is 41.6 Å². The average Bonchev–Trinajstić information content (AvgIpc) is 3.19. The van der Waals surface area contributed by atoms with Gasteiger partial charge in [0, 0.05) is 37.9 Å². The molecule has 3 aliphatic rings. The number of carbonyl (C=O) groups is 1. The van der Waals surface area contributed by atoms with E-state index >= 15 is 0 Å². The Balaban J connectivity index is 1.30. The fourth-order valence-corrected chi connectivity index (χ4v) is 5.82. The number of nitrogens with zero attached hydrogens (tertiary/aromatic N) is 1. The van der Waals surface area contributed by atoms with Crippen LogP contribution >= 0.6 is 0 Å². The molecule has 4 nitrogen and oxygen atoms in total. The lowest BCUT2D eigenvalue weighted by molar-refractivity contribution is -0.129. The fraction of sp³-hybridized carbons (Fsp3) is 0.708. The van der Waals surface area contributed by atoms with Gasteiger partial charge in [-0.25, -0.2) is 8.78 Å². The maximum atomic E-state index is 13.4. The van der Waals surface area contributed by atoms with Crippen LogP contribution in [-0.4, -0.2) is 49.0 Å². The van der Waals surface area contributed by atoms with Gasteiger partial charge in [0.25, 0.3) is 0 Å². The van der Waals surface area contributed by atoms with Crippen molar-refractivity contribution < 1.29 is 18.3 Å². The minimum absolute atomic E-state index is 0.00539. The number of benzene rings is 1. The van der Waals surface area contributed by atoms with Gasteiger partial charge in [0.15, 0.2) is 0 Å². The summed E-state index contributed by atoms with van der Waals surface area (Å²) in [6, 6.07) is 8.57. The third kappa shape index (κ3) is 4.63. The Morgan fingerprint density at radius 1 is 1.20 bits per heavy atom. The van der Waals surface area contributed by atoms with Crippen molar-refractivity contribution in [1.82, 2.24) is 10.2 Å². The van der Waals surface area contributed by atoms with Gasteiger partial charge in [0.05, 0.1) is 7.11 Å². The van der Waals surface area contributed by atoms with Crippen LogP contribution in [0.2, 0.25) is 0 Å². The summed E-state index contributed by atoms with van der Waals surface area (Å²) < 4.78 is 32.0. The van der Waals surface area contributed by atoms with Gasteiger partial charge in [0.1, 0.15) is 5.75 Å². The molecule has 166 valence electrons. The van der Waals surface area contributed by atoms with E-state index in [9.17, 15) is 13.6 Å². The van der Waals surface area contributed by atoms with Crippen LogP contribution in [-0.2, 0) is 11.2 Å². The molecular weight excluding hydrogens is 386 g/mol. The van der Waals surface area contributed by atoms with Gasteiger partial charge in [-0.15, -0.1) is 0 Å². The molecule has 1 aliphatic heterocycles. The summed E-state index contributed by atoms with van der Waals surface area (Å²) in [6.07, 6.45) is 3.63. The van der Waals surface area contributed by atoms with E-state index in [0.29, 0.717) is 43.1 Å². The molecule has 1 aromatic rings. The number of rotatable bonds is 7. The molecule has 1 saturated heterocycles. The van der Waals surface area contributed by atoms with E-state index in [0.717, 1.165) is 31.7 Å². The molecule has 1 amide bonds. The number of amides is 1. The maximum absolute atomic E-state index is 13.4. The van der Waals surface area contributed by atoms with Crippen molar-refractivity contribution in [1.29, 1.82) is 0 Å². The summed E-state index contributed by atoms with van der Waals surface area (Å²) in [5, 5.41) is 3.57. The first-order valence-electron chi connectivity index (χ1n) is 11.4. The predicted octanol–water partition coefficient (Wildman–Crippen LogP) is 4.28. The van der Waals surface area contributed by atoms with Crippen molar-refractivity contribution in [3.05, 3.63) is 29.8 Å². The van der Waals surface area contributed by atoms with Crippen molar-refractivity contribution in [3.63, 3.8) is 0 Å². The highest BCUT2D eigenvalue weighted by atomic mass is 19.3. The van der Waals surface area contributed by atoms with Crippen LogP contribution in [0, 0.1) is 17.8 Å². The Hall–Kier alpha value is -1.69. The quantitative estimate of drug-likeness (QED) is 0.716. The van der Waals surface area contributed by atoms with Crippen molar-refractivity contribution in [2.45, 2.75) is 69.9 Å². The number of fused-ring (bicyclic) bond motifs is 1. The van der Waals surface area contributed by atoms with Gasteiger partial charge in [-0.1, -0.05) is 19.1 Å². The van der Waals surface area contributed by atoms with E-state index in [4.69, 9.17) is 4.74 Å². The second kappa shape index (κ2) is 8.81. The molecule has 2 saturated carbocycles. The number of alkyl halides is 2. The third-order valence-corrected chi connectivity index (χ3v) is 7.68. The molecule has 4 atom stereocenters. The van der Waals surface area contributed by atoms with Crippen molar-refractivity contribution in [3.8, 4) is 5.75 Å². The zero-order chi connectivity index (χ0) is 21.3. The molecule has 2 aliphatic carbocycles. The first-order chi connectivity index (χ1) is 14.4. The number of halogens is 2. The number of carbonyl (C=O) groups excluding carboxylic acids is 1. The minimum atomic E-state index is -2.48. The van der Waals surface area contributed by atoms with Crippen LogP contribution in [0.25, 0.3) is 0 Å². The zero-order valence-corrected chi connectivity index (χ0v) is 18.1. The lowest BCUT2D eigenvalue weighted by Gasteiger charge is -2.31. The van der Waals surface area contributed by atoms with Crippen LogP contribution in [0.4, 0.5) is 8.78 Å². The predicted molar refractivity (Wildman–Crippen MR) is 113 cm³/mol. The molecule has 1 aromatic carbocycles. The van der Waals surface area contributed by atoms with Crippen LogP contribution in [0.5, 0.6) is 5.75 Å². The monoisotopic (exact) mass is 420 g/mol. The lowest BCUT2D eigenvalue weighted by Crippen LogP contribution is -2.41. The molecule has 0 bridgehead atoms. The number of hydrogen-bond donors (Lipinski definition) is 1. The van der Waals surface area contributed by atoms with Gasteiger partial charge in [-0.05, 0) is 67.7 Å². The highest BCUT2D eigenvalue weighted by Gasteiger charge is 2.50. The van der Waals surface area contributed by atoms with E-state index in [-0.39, 0.29) is 24.8 Å². The second-order valence-corrected chi connectivity index (χ2v) is 9.54. The zero-order valence-electron chi connectivity index (χ0n) is 18.1. The number of methoxy groups -OCH3 is 1. The van der Waals surface area contributed by atoms with Crippen molar-refractivity contribution in [2.24, 2.45) is 17.8 Å². The van der Waals surface area contributed by atoms with E-state index in [2.05, 4.69) is 29.3 Å². The van der Waals surface area contributed by atoms with Crippen LogP contribution in [0.1, 0.15) is 51.0 Å². The lowest BCUT2D eigenvalue weighted by atomic mass is 9.87. The fourth-order valence-electron chi connectivity index (χ4n) is 5.82. The number of likely N-dealkylation sites (tertiary alicyclic amines) is 1. The van der Waals surface area contributed by atoms with Crippen molar-refractivity contribution >= 4 is 5.91 Å². The van der Waals surface area contributed by atoms with E-state index < -0.39 is 5.92 Å². The van der Waals surface area contributed by atoms with E-state index in [1.165, 1.54) is 5.56 Å². The number of ether oxygens (including phenoxy) is 1. The summed E-state index contributed by atoms with van der Waals surface area (Å²) in [5.41, 5.74) is 1.21. The van der Waals surface area contributed by atoms with Crippen LogP contribution in [0.3, 0.4) is 0 Å². The Morgan fingerprint density at radius 2 is 1.90 bits per heavy atom. The molecule has 0 unspecified atom stereocenters. The summed E-state index contributed by atoms with van der Waals surface area (Å²) >= 11 is 0.